The highest BCUT2D eigenvalue weighted by Crippen LogP contribution is 3.02. The molecule has 1 amide bonds. The Morgan fingerprint density at radius 1 is 1.02 bits per heavy atom. The molecule has 62 heavy (non-hydrogen) atoms. The molecule has 0 spiro atoms. The van der Waals surface area contributed by atoms with E-state index in [1.165, 1.54) is 29.3 Å². The largest absolute Gasteiger partial charge is 0.508 e. The fourth-order valence-corrected chi connectivity index (χ4v) is 10.1. The summed E-state index contributed by atoms with van der Waals surface area (Å²) in [5.41, 5.74) is -2.28. The molecule has 328 valence electrons. The number of pyridine rings is 1. The second-order valence-electron chi connectivity index (χ2n) is 15.9. The molecule has 4 aliphatic heterocycles. The van der Waals surface area contributed by atoms with Crippen molar-refractivity contribution < 1.29 is 47.2 Å². The van der Waals surface area contributed by atoms with E-state index in [1.54, 1.807) is 4.90 Å². The number of piperazine rings is 1. The molecule has 2 bridgehead atoms. The maximum Gasteiger partial charge on any atom is 0.319 e. The molecular weight excluding hydrogens is 847 g/mol. The molecule has 6 heterocycles. The minimum absolute atomic E-state index is 0.00394. The first kappa shape index (κ1) is 42.9. The van der Waals surface area contributed by atoms with Crippen molar-refractivity contribution in [1.29, 1.82) is 5.41 Å². The lowest BCUT2D eigenvalue weighted by Gasteiger charge is -2.42. The Morgan fingerprint density at radius 3 is 2.37 bits per heavy atom. The molecule has 4 saturated heterocycles. The lowest BCUT2D eigenvalue weighted by molar-refractivity contribution is -0.127. The van der Waals surface area contributed by atoms with Crippen LogP contribution in [0.2, 0.25) is 0 Å². The fraction of sp³-hybridized carbons (Fsp3) is 0.372. The first-order valence-electron chi connectivity index (χ1n) is 20.0. The van der Waals surface area contributed by atoms with Crippen molar-refractivity contribution in [2.45, 2.75) is 74.6 Å². The second kappa shape index (κ2) is 14.7. The van der Waals surface area contributed by atoms with E-state index in [1.807, 2.05) is 18.7 Å². The molecule has 2 aromatic heterocycles. The molecule has 10 nitrogen and oxygen atoms in total. The number of phenolic OH excluding ortho intramolecular Hbond substituents is 1. The zero-order valence-corrected chi connectivity index (χ0v) is 34.3. The smallest absolute Gasteiger partial charge is 0.319 e. The van der Waals surface area contributed by atoms with E-state index >= 15 is 4.39 Å². The monoisotopic (exact) mass is 887 g/mol. The summed E-state index contributed by atoms with van der Waals surface area (Å²) in [5, 5.41) is 19.7. The van der Waals surface area contributed by atoms with Gasteiger partial charge in [0.15, 0.2) is 5.82 Å². The Kier molecular flexibility index (Phi) is 10.2. The van der Waals surface area contributed by atoms with Crippen LogP contribution in [0.1, 0.15) is 57.1 Å². The Balaban J connectivity index is 0.00000261. The van der Waals surface area contributed by atoms with Crippen LogP contribution in [0.25, 0.3) is 32.9 Å². The van der Waals surface area contributed by atoms with Crippen LogP contribution >= 0.6 is 10.2 Å². The maximum absolute atomic E-state index is 17.1. The maximum atomic E-state index is 17.1. The lowest BCUT2D eigenvalue weighted by atomic mass is 9.95. The number of hydrogen-bond donors (Lipinski definition) is 2. The van der Waals surface area contributed by atoms with E-state index in [0.717, 1.165) is 12.5 Å². The molecule has 4 unspecified atom stereocenters. The van der Waals surface area contributed by atoms with Crippen molar-refractivity contribution in [3.8, 4) is 35.4 Å². The van der Waals surface area contributed by atoms with E-state index in [2.05, 4.69) is 15.9 Å². The number of hydrogen-bond acceptors (Lipinski definition) is 9. The van der Waals surface area contributed by atoms with Crippen LogP contribution in [0, 0.1) is 29.4 Å². The second-order valence-corrected chi connectivity index (χ2v) is 18.3. The number of aromatic nitrogens is 3. The molecule has 0 aliphatic carbocycles. The van der Waals surface area contributed by atoms with Gasteiger partial charge in [-0.1, -0.05) is 57.4 Å². The molecular formula is C43H41F8N7O3S. The number of terminal acetylenes is 1. The molecule has 0 radical (unpaired) electrons. The topological polar surface area (TPSA) is 119 Å². The first-order valence-corrected chi connectivity index (χ1v) is 22.0. The third-order valence-electron chi connectivity index (χ3n) is 12.1. The van der Waals surface area contributed by atoms with Crippen molar-refractivity contribution in [2.75, 3.05) is 37.7 Å². The minimum atomic E-state index is -9.98. The van der Waals surface area contributed by atoms with Crippen LogP contribution in [0.4, 0.5) is 38.4 Å². The van der Waals surface area contributed by atoms with Gasteiger partial charge in [-0.3, -0.25) is 20.1 Å². The number of fused-ring (bicyclic) bond motifs is 5. The number of rotatable bonds is 8. The molecule has 5 aromatic rings. The first-order chi connectivity index (χ1) is 29.2. The highest BCUT2D eigenvalue weighted by atomic mass is 32.5. The predicted octanol–water partition coefficient (Wildman–Crippen LogP) is 9.70. The number of alkyl halides is 1. The Morgan fingerprint density at radius 2 is 1.71 bits per heavy atom. The van der Waals surface area contributed by atoms with Gasteiger partial charge in [0.05, 0.1) is 28.6 Å². The summed E-state index contributed by atoms with van der Waals surface area (Å²) < 4.78 is 120. The molecule has 19 heteroatoms. The van der Waals surface area contributed by atoms with Gasteiger partial charge in [0.25, 0.3) is 5.91 Å². The van der Waals surface area contributed by atoms with Gasteiger partial charge in [0.2, 0.25) is 0 Å². The Bertz CT molecular complexity index is 2690. The van der Waals surface area contributed by atoms with E-state index in [-0.39, 0.29) is 101 Å². The van der Waals surface area contributed by atoms with Crippen LogP contribution in [0.3, 0.4) is 0 Å². The average molecular weight is 888 g/mol. The van der Waals surface area contributed by atoms with Crippen molar-refractivity contribution in [3.63, 3.8) is 0 Å². The number of aromatic hydroxyl groups is 1. The van der Waals surface area contributed by atoms with Crippen LogP contribution in [-0.2, 0) is 4.79 Å². The lowest BCUT2D eigenvalue weighted by Crippen LogP contribution is -2.57. The number of ether oxygens (including phenoxy) is 1. The number of carbonyl (C=O) groups is 1. The summed E-state index contributed by atoms with van der Waals surface area (Å²) in [6, 6.07) is 5.43. The molecule has 4 fully saturated rings. The van der Waals surface area contributed by atoms with Gasteiger partial charge in [-0.15, -0.1) is 6.42 Å². The van der Waals surface area contributed by atoms with Gasteiger partial charge >= 0.3 is 16.2 Å². The number of nitrogens with zero attached hydrogens (tertiary/aromatic N) is 6. The number of benzene rings is 3. The zero-order valence-electron chi connectivity index (χ0n) is 33.5. The molecule has 2 N–H and O–H groups in total. The summed E-state index contributed by atoms with van der Waals surface area (Å²) in [7, 11) is -9.98. The van der Waals surface area contributed by atoms with Gasteiger partial charge in [-0.2, -0.15) is 9.97 Å². The number of halogens is 8. The summed E-state index contributed by atoms with van der Waals surface area (Å²) >= 11 is 0. The van der Waals surface area contributed by atoms with Crippen LogP contribution in [0.15, 0.2) is 59.6 Å². The normalized spacial score (nSPS) is 23.3. The standard InChI is InChI=1S/C41H35F8N7O3S.C2H6/c1-2-29-32(43)11-6-23-14-27(57)15-30(33(23)29)36-34(44)37-31(17-51-36)38(53-40(52-37)59-21-41-12-3-13-55(41)18-24(42)16-41)54-19-25-7-8-26(20-54)56(25)39(58)35(50)22-4-9-28(10-5-22)60(45,46,47,48)49;1-2/h1,4-6,9-11,14-15,17,24-26,50,57H,3,7-8,12-13,16,18-21H2;1-2H3. The Hall–Kier alpha value is -5.74. The summed E-state index contributed by atoms with van der Waals surface area (Å²) in [5.74, 6) is -0.287. The van der Waals surface area contributed by atoms with Gasteiger partial charge in [-0.25, -0.2) is 13.2 Å². The van der Waals surface area contributed by atoms with Gasteiger partial charge < -0.3 is 19.6 Å². The third-order valence-corrected chi connectivity index (χ3v) is 13.3. The van der Waals surface area contributed by atoms with Gasteiger partial charge in [-0.05, 0) is 67.9 Å². The highest BCUT2D eigenvalue weighted by Gasteiger charge is 2.65. The van der Waals surface area contributed by atoms with Crippen molar-refractivity contribution in [2.24, 2.45) is 0 Å². The number of amides is 1. The number of nitrogens with one attached hydrogen (secondary N) is 1. The van der Waals surface area contributed by atoms with Gasteiger partial charge in [0.1, 0.15) is 52.0 Å². The molecule has 9 rings (SSSR count). The third kappa shape index (κ3) is 7.50. The highest BCUT2D eigenvalue weighted by molar-refractivity contribution is 8.45. The van der Waals surface area contributed by atoms with E-state index in [4.69, 9.17) is 21.6 Å². The van der Waals surface area contributed by atoms with Crippen molar-refractivity contribution in [3.05, 3.63) is 77.5 Å². The minimum Gasteiger partial charge on any atom is -0.508 e. The molecule has 0 saturated carbocycles. The Labute approximate surface area is 351 Å². The van der Waals surface area contributed by atoms with Crippen molar-refractivity contribution >= 4 is 49.3 Å². The van der Waals surface area contributed by atoms with Crippen LogP contribution in [-0.4, -0.2) is 98.1 Å². The van der Waals surface area contributed by atoms with E-state index in [9.17, 15) is 38.1 Å². The van der Waals surface area contributed by atoms with Crippen LogP contribution in [0.5, 0.6) is 11.8 Å². The van der Waals surface area contributed by atoms with Crippen LogP contribution < -0.4 is 9.64 Å². The van der Waals surface area contributed by atoms with E-state index in [0.29, 0.717) is 43.3 Å². The van der Waals surface area contributed by atoms with Gasteiger partial charge in [0, 0.05) is 48.8 Å². The summed E-state index contributed by atoms with van der Waals surface area (Å²) in [6.07, 6.45) is 8.63. The number of anilines is 1. The summed E-state index contributed by atoms with van der Waals surface area (Å²) in [4.78, 5) is 30.5. The number of phenols is 1. The summed E-state index contributed by atoms with van der Waals surface area (Å²) in [6.45, 7) is 5.18. The molecule has 3 aromatic carbocycles. The quantitative estimate of drug-likeness (QED) is 0.0899. The average Bonchev–Trinajstić information content (AvgIpc) is 3.85. The predicted molar refractivity (Wildman–Crippen MR) is 220 cm³/mol. The fourth-order valence-electron chi connectivity index (χ4n) is 9.45. The SMILES string of the molecule is C#Cc1c(F)ccc2cc(O)cc(-c3ncc4c(N5CC6CCC(C5)N6C(=O)C(=N)c5ccc(S(F)(F)(F)(F)F)cc5)nc(OCC56CCCN5CC(F)C6)nc4c3F)c12.CC. The molecule has 4 aliphatic rings. The number of carbonyl (C=O) groups excluding carboxylic acids is 1. The van der Waals surface area contributed by atoms with E-state index < -0.39 is 62.2 Å². The van der Waals surface area contributed by atoms with Crippen molar-refractivity contribution in [1.82, 2.24) is 24.8 Å². The zero-order chi connectivity index (χ0) is 44.6. The molecule has 4 atom stereocenters.